The molecule has 0 spiro atoms. The van der Waals surface area contributed by atoms with Crippen molar-refractivity contribution >= 4 is 41.5 Å². The van der Waals surface area contributed by atoms with Gasteiger partial charge in [-0.25, -0.2) is 9.59 Å². The Labute approximate surface area is 314 Å². The molecule has 294 valence electrons. The summed E-state index contributed by atoms with van der Waals surface area (Å²) in [7, 11) is 4.35. The first kappa shape index (κ1) is 44.4. The fourth-order valence-corrected chi connectivity index (χ4v) is 5.71. The monoisotopic (exact) mass is 741 g/mol. The van der Waals surface area contributed by atoms with E-state index in [1.54, 1.807) is 32.1 Å². The zero-order chi connectivity index (χ0) is 40.0. The summed E-state index contributed by atoms with van der Waals surface area (Å²) in [4.78, 5) is 98.0. The van der Waals surface area contributed by atoms with Gasteiger partial charge in [-0.3, -0.25) is 24.0 Å². The summed E-state index contributed by atoms with van der Waals surface area (Å²) in [5.74, 6) is -4.54. The molecule has 0 fully saturated rings. The van der Waals surface area contributed by atoms with E-state index in [0.717, 1.165) is 5.56 Å². The van der Waals surface area contributed by atoms with E-state index in [9.17, 15) is 33.6 Å². The van der Waals surface area contributed by atoms with Gasteiger partial charge in [-0.1, -0.05) is 70.5 Å². The molecule has 53 heavy (non-hydrogen) atoms. The van der Waals surface area contributed by atoms with Crippen LogP contribution in [0.2, 0.25) is 0 Å². The molecule has 14 heteroatoms. The number of amides is 5. The van der Waals surface area contributed by atoms with Crippen molar-refractivity contribution in [3.8, 4) is 0 Å². The molecule has 0 bridgehead atoms. The molecule has 14 nitrogen and oxygen atoms in total. The summed E-state index contributed by atoms with van der Waals surface area (Å²) >= 11 is 0. The molecule has 0 saturated heterocycles. The largest absolute Gasteiger partial charge is 0.464 e. The first-order chi connectivity index (χ1) is 24.9. The minimum absolute atomic E-state index is 0.0277. The highest BCUT2D eigenvalue weighted by Crippen LogP contribution is 2.17. The predicted octanol–water partition coefficient (Wildman–Crippen LogP) is 2.64. The summed E-state index contributed by atoms with van der Waals surface area (Å²) in [6.45, 7) is 11.6. The normalized spacial score (nSPS) is 26.1. The van der Waals surface area contributed by atoms with Crippen LogP contribution in [0.1, 0.15) is 79.7 Å². The molecule has 1 aliphatic rings. The zero-order valence-corrected chi connectivity index (χ0v) is 33.0. The quantitative estimate of drug-likeness (QED) is 0.416. The minimum atomic E-state index is -1.19. The van der Waals surface area contributed by atoms with Crippen molar-refractivity contribution in [1.82, 2.24) is 25.3 Å². The summed E-state index contributed by atoms with van der Waals surface area (Å²) in [5.41, 5.74) is 1.02. The number of esters is 2. The smallest absolute Gasteiger partial charge is 0.334 e. The fraction of sp³-hybridized carbons (Fsp3) is 0.615. The van der Waals surface area contributed by atoms with E-state index >= 15 is 0 Å². The molecule has 1 aliphatic heterocycles. The standard InChI is InChI=1S/C39H59N5O9/c1-11-25(4)33-37(49)43(9)28(7)39(51)52-20-16-15-17-26(5)38(50)53-31(21-24(2)3)34(46)40-27(6)35(47)44(10)30(22-29-18-13-12-14-19-29)36(48)42(8)23-32(45)41-33/h12-14,17-19,24-25,27-28,30-31,33H,11,15-16,20-23H2,1-10H3,(H,40,46)(H,41,45)/b26-17+/t25?,27-,28+,30+,31+,33-/m0/s1. The van der Waals surface area contributed by atoms with E-state index in [1.807, 2.05) is 39.0 Å². The molecule has 1 heterocycles. The Kier molecular flexibility index (Phi) is 17.7. The van der Waals surface area contributed by atoms with Gasteiger partial charge in [-0.2, -0.15) is 0 Å². The lowest BCUT2D eigenvalue weighted by atomic mass is 9.97. The summed E-state index contributed by atoms with van der Waals surface area (Å²) in [5, 5.41) is 5.42. The van der Waals surface area contributed by atoms with Gasteiger partial charge in [0.25, 0.3) is 5.91 Å². The number of nitrogens with one attached hydrogen (secondary N) is 2. The van der Waals surface area contributed by atoms with Crippen LogP contribution >= 0.6 is 0 Å². The van der Waals surface area contributed by atoms with Crippen molar-refractivity contribution in [3.63, 3.8) is 0 Å². The number of allylic oxidation sites excluding steroid dienone is 1. The average molecular weight is 742 g/mol. The maximum absolute atomic E-state index is 14.0. The van der Waals surface area contributed by atoms with E-state index in [2.05, 4.69) is 10.6 Å². The summed E-state index contributed by atoms with van der Waals surface area (Å²) in [6, 6.07) is 4.93. The average Bonchev–Trinajstić information content (AvgIpc) is 3.12. The van der Waals surface area contributed by atoms with E-state index in [0.29, 0.717) is 19.3 Å². The van der Waals surface area contributed by atoms with Crippen molar-refractivity contribution in [1.29, 1.82) is 0 Å². The van der Waals surface area contributed by atoms with Crippen LogP contribution in [0.4, 0.5) is 0 Å². The SMILES string of the molecule is CCC(C)[C@@H]1NC(=O)CN(C)C(=O)[C@@H](Cc2ccccc2)N(C)C(=O)[C@H](C)NC(=O)[C@@H](CC(C)C)OC(=O)/C(C)=C/CCCOC(=O)[C@@H](C)N(C)C1=O. The second-order valence-electron chi connectivity index (χ2n) is 14.4. The number of cyclic esters (lactones) is 2. The first-order valence-corrected chi connectivity index (χ1v) is 18.4. The van der Waals surface area contributed by atoms with Crippen LogP contribution in [0.5, 0.6) is 0 Å². The second kappa shape index (κ2) is 21.1. The molecular formula is C39H59N5O9. The van der Waals surface area contributed by atoms with Crippen LogP contribution in [0.3, 0.4) is 0 Å². The molecule has 0 saturated carbocycles. The van der Waals surface area contributed by atoms with Crippen molar-refractivity contribution in [2.75, 3.05) is 34.3 Å². The molecule has 2 N–H and O–H groups in total. The first-order valence-electron chi connectivity index (χ1n) is 18.4. The third-order valence-corrected chi connectivity index (χ3v) is 9.52. The Morgan fingerprint density at radius 3 is 2.11 bits per heavy atom. The van der Waals surface area contributed by atoms with Gasteiger partial charge in [0.1, 0.15) is 24.2 Å². The van der Waals surface area contributed by atoms with Gasteiger partial charge < -0.3 is 34.8 Å². The molecule has 5 amide bonds. The molecule has 1 unspecified atom stereocenters. The van der Waals surface area contributed by atoms with Crippen LogP contribution in [0, 0.1) is 11.8 Å². The Morgan fingerprint density at radius 1 is 0.868 bits per heavy atom. The van der Waals surface area contributed by atoms with Crippen molar-refractivity contribution in [2.24, 2.45) is 11.8 Å². The molecule has 0 aromatic heterocycles. The Balaban J connectivity index is 2.52. The van der Waals surface area contributed by atoms with Crippen LogP contribution in [-0.4, -0.2) is 121 Å². The Morgan fingerprint density at radius 2 is 1.51 bits per heavy atom. The Bertz CT molecular complexity index is 1480. The van der Waals surface area contributed by atoms with E-state index in [1.165, 1.54) is 49.7 Å². The summed E-state index contributed by atoms with van der Waals surface area (Å²) in [6.07, 6.45) is 2.05. The van der Waals surface area contributed by atoms with E-state index in [-0.39, 0.29) is 36.9 Å². The zero-order valence-electron chi connectivity index (χ0n) is 33.0. The highest BCUT2D eigenvalue weighted by Gasteiger charge is 2.36. The van der Waals surface area contributed by atoms with Gasteiger partial charge in [0.05, 0.1) is 13.2 Å². The van der Waals surface area contributed by atoms with E-state index < -0.39 is 78.3 Å². The van der Waals surface area contributed by atoms with Gasteiger partial charge in [-0.15, -0.1) is 0 Å². The lowest BCUT2D eigenvalue weighted by Gasteiger charge is -2.33. The molecule has 6 atom stereocenters. The maximum atomic E-state index is 14.0. The minimum Gasteiger partial charge on any atom is -0.464 e. The number of hydrogen-bond acceptors (Lipinski definition) is 9. The van der Waals surface area contributed by atoms with Crippen molar-refractivity contribution in [3.05, 3.63) is 47.5 Å². The molecule has 0 aliphatic carbocycles. The molecule has 0 radical (unpaired) electrons. The number of likely N-dealkylation sites (N-methyl/N-ethyl adjacent to an activating group) is 3. The molecule has 1 aromatic carbocycles. The molecule has 2 rings (SSSR count). The Hall–Kier alpha value is -4.75. The van der Waals surface area contributed by atoms with E-state index in [4.69, 9.17) is 9.47 Å². The van der Waals surface area contributed by atoms with Gasteiger partial charge in [0.15, 0.2) is 6.10 Å². The van der Waals surface area contributed by atoms with Crippen LogP contribution in [-0.2, 0) is 49.5 Å². The van der Waals surface area contributed by atoms with Crippen LogP contribution < -0.4 is 10.6 Å². The summed E-state index contributed by atoms with van der Waals surface area (Å²) < 4.78 is 11.0. The predicted molar refractivity (Wildman–Crippen MR) is 199 cm³/mol. The van der Waals surface area contributed by atoms with Gasteiger partial charge in [0, 0.05) is 33.1 Å². The third kappa shape index (κ3) is 13.3. The molecular weight excluding hydrogens is 682 g/mol. The van der Waals surface area contributed by atoms with Crippen molar-refractivity contribution < 1.29 is 43.0 Å². The van der Waals surface area contributed by atoms with Gasteiger partial charge in [-0.05, 0) is 57.4 Å². The lowest BCUT2D eigenvalue weighted by molar-refractivity contribution is -0.154. The number of benzene rings is 1. The number of nitrogens with zero attached hydrogens (tertiary/aromatic N) is 3. The highest BCUT2D eigenvalue weighted by atomic mass is 16.5. The number of hydrogen-bond donors (Lipinski definition) is 2. The highest BCUT2D eigenvalue weighted by molar-refractivity contribution is 5.96. The fourth-order valence-electron chi connectivity index (χ4n) is 5.71. The van der Waals surface area contributed by atoms with Crippen molar-refractivity contribution in [2.45, 2.75) is 111 Å². The second-order valence-corrected chi connectivity index (χ2v) is 14.4. The van der Waals surface area contributed by atoms with Gasteiger partial charge in [0.2, 0.25) is 23.6 Å². The third-order valence-electron chi connectivity index (χ3n) is 9.52. The number of ether oxygens (including phenoxy) is 2. The maximum Gasteiger partial charge on any atom is 0.334 e. The topological polar surface area (TPSA) is 172 Å². The number of carbonyl (C=O) groups is 7. The number of carbonyl (C=O) groups excluding carboxylic acids is 7. The van der Waals surface area contributed by atoms with Crippen LogP contribution in [0.25, 0.3) is 0 Å². The van der Waals surface area contributed by atoms with Crippen LogP contribution in [0.15, 0.2) is 42.0 Å². The number of rotatable bonds is 6. The van der Waals surface area contributed by atoms with Gasteiger partial charge >= 0.3 is 11.9 Å². The molecule has 1 aromatic rings. The lowest BCUT2D eigenvalue weighted by Crippen LogP contribution is -2.57.